The van der Waals surface area contributed by atoms with Crippen molar-refractivity contribution in [2.24, 2.45) is 0 Å². The van der Waals surface area contributed by atoms with Crippen molar-refractivity contribution in [3.8, 4) is 0 Å². The Bertz CT molecular complexity index is 731. The zero-order valence-corrected chi connectivity index (χ0v) is 18.5. The number of hydrogen-bond donors (Lipinski definition) is 3. The predicted molar refractivity (Wildman–Crippen MR) is 120 cm³/mol. The Morgan fingerprint density at radius 3 is 2.52 bits per heavy atom. The molecule has 31 heavy (non-hydrogen) atoms. The van der Waals surface area contributed by atoms with Crippen LogP contribution < -0.4 is 10.6 Å². The molecule has 0 saturated heterocycles. The van der Waals surface area contributed by atoms with Crippen LogP contribution in [0.1, 0.15) is 19.8 Å². The molecule has 0 bridgehead atoms. The number of methoxy groups -OCH3 is 1. The molecule has 0 aromatic rings. The third kappa shape index (κ3) is 15.6. The molecule has 0 aliphatic rings. The Morgan fingerprint density at radius 2 is 1.90 bits per heavy atom. The van der Waals surface area contributed by atoms with Crippen molar-refractivity contribution in [2.75, 3.05) is 20.3 Å². The van der Waals surface area contributed by atoms with Gasteiger partial charge in [-0.25, -0.2) is 4.39 Å². The van der Waals surface area contributed by atoms with Crippen LogP contribution in [-0.4, -0.2) is 49.3 Å². The van der Waals surface area contributed by atoms with Gasteiger partial charge in [-0.2, -0.15) is 0 Å². The minimum atomic E-state index is -0.971. The van der Waals surface area contributed by atoms with Crippen molar-refractivity contribution in [3.63, 3.8) is 0 Å². The Labute approximate surface area is 187 Å². The van der Waals surface area contributed by atoms with Gasteiger partial charge in [0.1, 0.15) is 5.83 Å². The lowest BCUT2D eigenvalue weighted by molar-refractivity contribution is -0.124. The first-order valence-electron chi connectivity index (χ1n) is 9.40. The fourth-order valence-electron chi connectivity index (χ4n) is 2.10. The zero-order chi connectivity index (χ0) is 23.6. The standard InChI is InChI=1S/C22H30ClFN2O5/c1-16(2)20(26-22(29)15-31-12-8-9-19(23)17(3)24)13-18(27)14-21(28)25-10-6-5-7-11-30-4/h5-9,11-12,18,20,27H,1,3,10,13-15H2,2,4H3,(H,25,28)(H,26,29)/b6-5+,11-7+,12-8+,19-9+. The van der Waals surface area contributed by atoms with E-state index < -0.39 is 23.9 Å². The number of halogens is 2. The number of ether oxygens (including phenoxy) is 2. The number of allylic oxidation sites excluding steroid dienone is 6. The lowest BCUT2D eigenvalue weighted by Crippen LogP contribution is -2.40. The van der Waals surface area contributed by atoms with Crippen LogP contribution in [0, 0.1) is 0 Å². The van der Waals surface area contributed by atoms with Gasteiger partial charge in [-0.15, -0.1) is 0 Å². The van der Waals surface area contributed by atoms with E-state index in [4.69, 9.17) is 21.1 Å². The number of amides is 2. The van der Waals surface area contributed by atoms with Crippen molar-refractivity contribution in [3.05, 3.63) is 72.5 Å². The zero-order valence-electron chi connectivity index (χ0n) is 17.8. The fourth-order valence-corrected chi connectivity index (χ4v) is 2.17. The minimum absolute atomic E-state index is 0.117. The number of nitrogens with one attached hydrogen (secondary N) is 2. The maximum absolute atomic E-state index is 12.7. The molecule has 0 rings (SSSR count). The van der Waals surface area contributed by atoms with Crippen LogP contribution in [0.4, 0.5) is 4.39 Å². The Hall–Kier alpha value is -2.84. The number of aliphatic hydroxyl groups is 1. The van der Waals surface area contributed by atoms with Gasteiger partial charge in [-0.3, -0.25) is 9.59 Å². The second-order valence-electron chi connectivity index (χ2n) is 6.42. The molecule has 0 spiro atoms. The SMILES string of the molecule is C=C(F)/C(Cl)=C\C=C\OCC(=O)NC(CC(O)CC(=O)NC/C=C/C=C/OC)C(=C)C. The van der Waals surface area contributed by atoms with Gasteiger partial charge < -0.3 is 25.2 Å². The van der Waals surface area contributed by atoms with Gasteiger partial charge in [0.15, 0.2) is 6.61 Å². The molecule has 2 unspecified atom stereocenters. The van der Waals surface area contributed by atoms with Gasteiger partial charge in [0, 0.05) is 6.54 Å². The average molecular weight is 457 g/mol. The first kappa shape index (κ1) is 28.2. The normalized spacial score (nSPS) is 13.9. The van der Waals surface area contributed by atoms with Crippen molar-refractivity contribution in [2.45, 2.75) is 31.9 Å². The molecule has 7 nitrogen and oxygen atoms in total. The number of rotatable bonds is 15. The molecule has 0 heterocycles. The molecule has 0 fully saturated rings. The highest BCUT2D eigenvalue weighted by Crippen LogP contribution is 2.13. The van der Waals surface area contributed by atoms with Gasteiger partial charge >= 0.3 is 0 Å². The first-order chi connectivity index (χ1) is 14.7. The van der Waals surface area contributed by atoms with E-state index in [0.717, 1.165) is 0 Å². The number of carbonyl (C=O) groups is 2. The van der Waals surface area contributed by atoms with Crippen molar-refractivity contribution in [1.29, 1.82) is 0 Å². The second kappa shape index (κ2) is 16.9. The third-order valence-electron chi connectivity index (χ3n) is 3.63. The number of aliphatic hydroxyl groups excluding tert-OH is 1. The van der Waals surface area contributed by atoms with Gasteiger partial charge in [0.2, 0.25) is 5.91 Å². The summed E-state index contributed by atoms with van der Waals surface area (Å²) in [6.07, 6.45) is 9.37. The van der Waals surface area contributed by atoms with E-state index in [1.807, 2.05) is 0 Å². The quantitative estimate of drug-likeness (QED) is 0.200. The van der Waals surface area contributed by atoms with Crippen LogP contribution in [0.25, 0.3) is 0 Å². The summed E-state index contributed by atoms with van der Waals surface area (Å²) in [7, 11) is 1.53. The molecule has 172 valence electrons. The fraction of sp³-hybridized carbons (Fsp3) is 0.364. The van der Waals surface area contributed by atoms with Crippen molar-refractivity contribution >= 4 is 23.4 Å². The molecule has 0 radical (unpaired) electrons. The van der Waals surface area contributed by atoms with E-state index in [2.05, 4.69) is 23.8 Å². The van der Waals surface area contributed by atoms with Crippen LogP contribution in [0.15, 0.2) is 72.5 Å². The molecular weight excluding hydrogens is 427 g/mol. The molecule has 2 atom stereocenters. The summed E-state index contributed by atoms with van der Waals surface area (Å²) in [5, 5.41) is 15.3. The maximum Gasteiger partial charge on any atom is 0.258 e. The molecule has 3 N–H and O–H groups in total. The van der Waals surface area contributed by atoms with E-state index >= 15 is 0 Å². The Kier molecular flexibility index (Phi) is 15.4. The average Bonchev–Trinajstić information content (AvgIpc) is 2.69. The van der Waals surface area contributed by atoms with Crippen molar-refractivity contribution < 1.29 is 28.6 Å². The summed E-state index contributed by atoms with van der Waals surface area (Å²) in [5.74, 6) is -1.55. The van der Waals surface area contributed by atoms with Crippen LogP contribution >= 0.6 is 11.6 Å². The molecule has 0 aliphatic heterocycles. The Morgan fingerprint density at radius 1 is 1.19 bits per heavy atom. The van der Waals surface area contributed by atoms with Crippen LogP contribution in [0.3, 0.4) is 0 Å². The van der Waals surface area contributed by atoms with Crippen molar-refractivity contribution in [1.82, 2.24) is 10.6 Å². The smallest absolute Gasteiger partial charge is 0.258 e. The number of carbonyl (C=O) groups excluding carboxylic acids is 2. The minimum Gasteiger partial charge on any atom is -0.504 e. The lowest BCUT2D eigenvalue weighted by Gasteiger charge is -2.21. The monoisotopic (exact) mass is 456 g/mol. The van der Waals surface area contributed by atoms with E-state index in [1.54, 1.807) is 25.2 Å². The van der Waals surface area contributed by atoms with Gasteiger partial charge in [-0.05, 0) is 31.6 Å². The van der Waals surface area contributed by atoms with Crippen LogP contribution in [0.2, 0.25) is 0 Å². The van der Waals surface area contributed by atoms with Crippen LogP contribution in [0.5, 0.6) is 0 Å². The van der Waals surface area contributed by atoms with Crippen LogP contribution in [-0.2, 0) is 19.1 Å². The molecule has 0 aliphatic carbocycles. The summed E-state index contributed by atoms with van der Waals surface area (Å²) in [4.78, 5) is 23.9. The summed E-state index contributed by atoms with van der Waals surface area (Å²) < 4.78 is 22.4. The molecule has 0 aromatic heterocycles. The number of hydrogen-bond acceptors (Lipinski definition) is 5. The molecule has 2 amide bonds. The maximum atomic E-state index is 12.7. The highest BCUT2D eigenvalue weighted by molar-refractivity contribution is 6.31. The van der Waals surface area contributed by atoms with E-state index in [-0.39, 0.29) is 30.4 Å². The first-order valence-corrected chi connectivity index (χ1v) is 9.77. The van der Waals surface area contributed by atoms with Gasteiger partial charge in [0.05, 0.1) is 43.2 Å². The molecule has 9 heteroatoms. The summed E-state index contributed by atoms with van der Waals surface area (Å²) >= 11 is 5.53. The molecular formula is C22H30ClFN2O5. The molecule has 0 saturated carbocycles. The largest absolute Gasteiger partial charge is 0.504 e. The van der Waals surface area contributed by atoms with E-state index in [1.165, 1.54) is 31.8 Å². The third-order valence-corrected chi connectivity index (χ3v) is 3.96. The van der Waals surface area contributed by atoms with Gasteiger partial charge in [-0.1, -0.05) is 42.5 Å². The summed E-state index contributed by atoms with van der Waals surface area (Å²) in [5.41, 5.74) is 0.618. The topological polar surface area (TPSA) is 96.9 Å². The van der Waals surface area contributed by atoms with E-state index in [0.29, 0.717) is 12.1 Å². The highest BCUT2D eigenvalue weighted by Gasteiger charge is 2.19. The van der Waals surface area contributed by atoms with Gasteiger partial charge in [0.25, 0.3) is 5.91 Å². The predicted octanol–water partition coefficient (Wildman–Crippen LogP) is 3.16. The highest BCUT2D eigenvalue weighted by atomic mass is 35.5. The lowest BCUT2D eigenvalue weighted by atomic mass is 10.0. The molecule has 0 aromatic carbocycles. The Balaban J connectivity index is 4.40. The second-order valence-corrected chi connectivity index (χ2v) is 6.82. The summed E-state index contributed by atoms with van der Waals surface area (Å²) in [6.45, 7) is 8.54. The summed E-state index contributed by atoms with van der Waals surface area (Å²) in [6, 6.07) is -0.536. The van der Waals surface area contributed by atoms with E-state index in [9.17, 15) is 19.1 Å².